The molecule has 0 aliphatic carbocycles. The van der Waals surface area contributed by atoms with Crippen LogP contribution in [-0.4, -0.2) is 23.1 Å². The molecule has 1 N–H and O–H groups in total. The molecular weight excluding hydrogens is 344 g/mol. The Hall–Kier alpha value is -2.59. The zero-order chi connectivity index (χ0) is 18.2. The highest BCUT2D eigenvalue weighted by molar-refractivity contribution is 6.30. The fourth-order valence-electron chi connectivity index (χ4n) is 2.75. The molecule has 5 heteroatoms. The number of benzene rings is 2. The molecule has 0 saturated carbocycles. The van der Waals surface area contributed by atoms with Gasteiger partial charge in [0.25, 0.3) is 0 Å². The van der Waals surface area contributed by atoms with E-state index in [1.165, 1.54) is 11.1 Å². The maximum absolute atomic E-state index is 6.03. The van der Waals surface area contributed by atoms with Gasteiger partial charge in [0.15, 0.2) is 0 Å². The van der Waals surface area contributed by atoms with Gasteiger partial charge in [0, 0.05) is 30.9 Å². The molecule has 0 radical (unpaired) electrons. The highest BCUT2D eigenvalue weighted by Gasteiger charge is 2.09. The summed E-state index contributed by atoms with van der Waals surface area (Å²) < 4.78 is 0. The van der Waals surface area contributed by atoms with Crippen molar-refractivity contribution in [2.24, 2.45) is 0 Å². The molecule has 2 aromatic carbocycles. The molecule has 0 amide bonds. The molecule has 0 spiro atoms. The highest BCUT2D eigenvalue weighted by atomic mass is 35.5. The maximum atomic E-state index is 6.03. The van der Waals surface area contributed by atoms with Crippen molar-refractivity contribution in [3.8, 4) is 0 Å². The van der Waals surface area contributed by atoms with Gasteiger partial charge in [0.2, 0.25) is 5.95 Å². The summed E-state index contributed by atoms with van der Waals surface area (Å²) in [6.45, 7) is 4.55. The summed E-state index contributed by atoms with van der Waals surface area (Å²) in [5.74, 6) is 1.58. The first-order valence-corrected chi connectivity index (χ1v) is 9.22. The van der Waals surface area contributed by atoms with Crippen molar-refractivity contribution in [1.29, 1.82) is 0 Å². The third-order valence-electron chi connectivity index (χ3n) is 4.13. The first kappa shape index (κ1) is 18.2. The van der Waals surface area contributed by atoms with Gasteiger partial charge in [-0.1, -0.05) is 54.1 Å². The van der Waals surface area contributed by atoms with Crippen molar-refractivity contribution in [1.82, 2.24) is 9.97 Å². The third kappa shape index (κ3) is 5.20. The number of nitrogens with zero attached hydrogens (tertiary/aromatic N) is 3. The van der Waals surface area contributed by atoms with Crippen LogP contribution in [0.5, 0.6) is 0 Å². The number of hydrogen-bond donors (Lipinski definition) is 1. The summed E-state index contributed by atoms with van der Waals surface area (Å²) in [6.07, 6.45) is 2.69. The summed E-state index contributed by atoms with van der Waals surface area (Å²) in [7, 11) is 0. The Morgan fingerprint density at radius 3 is 2.58 bits per heavy atom. The van der Waals surface area contributed by atoms with E-state index in [4.69, 9.17) is 11.6 Å². The van der Waals surface area contributed by atoms with Crippen LogP contribution in [0.3, 0.4) is 0 Å². The van der Waals surface area contributed by atoms with Crippen LogP contribution < -0.4 is 10.2 Å². The lowest BCUT2D eigenvalue weighted by molar-refractivity contribution is 0.791. The predicted octanol–water partition coefficient (Wildman–Crippen LogP) is 4.81. The molecule has 3 aromatic rings. The standard InChI is InChI=1S/C21H23ClN4/c1-2-26(16-18-7-4-3-5-8-18)21-24-14-12-20(25-21)23-13-11-17-9-6-10-19(22)15-17/h3-10,12,14-15H,2,11,13,16H2,1H3,(H,23,24,25). The Morgan fingerprint density at radius 1 is 1.00 bits per heavy atom. The van der Waals surface area contributed by atoms with Gasteiger partial charge in [-0.15, -0.1) is 0 Å². The first-order chi connectivity index (χ1) is 12.7. The lowest BCUT2D eigenvalue weighted by Gasteiger charge is -2.21. The van der Waals surface area contributed by atoms with Crippen molar-refractivity contribution in [3.05, 3.63) is 83.0 Å². The lowest BCUT2D eigenvalue weighted by atomic mass is 10.1. The van der Waals surface area contributed by atoms with Crippen LogP contribution in [0.2, 0.25) is 5.02 Å². The smallest absolute Gasteiger partial charge is 0.227 e. The van der Waals surface area contributed by atoms with Gasteiger partial charge in [-0.05, 0) is 42.7 Å². The number of rotatable bonds is 8. The molecule has 1 heterocycles. The molecule has 26 heavy (non-hydrogen) atoms. The van der Waals surface area contributed by atoms with Gasteiger partial charge < -0.3 is 10.2 Å². The van der Waals surface area contributed by atoms with Crippen molar-refractivity contribution < 1.29 is 0 Å². The van der Waals surface area contributed by atoms with E-state index < -0.39 is 0 Å². The molecule has 134 valence electrons. The summed E-state index contributed by atoms with van der Waals surface area (Å²) in [4.78, 5) is 11.3. The van der Waals surface area contributed by atoms with Crippen LogP contribution in [0.1, 0.15) is 18.1 Å². The number of halogens is 1. The third-order valence-corrected chi connectivity index (χ3v) is 4.37. The van der Waals surface area contributed by atoms with Crippen molar-refractivity contribution in [2.75, 3.05) is 23.3 Å². The Kier molecular flexibility index (Phi) is 6.45. The van der Waals surface area contributed by atoms with Crippen LogP contribution in [0, 0.1) is 0 Å². The molecule has 3 rings (SSSR count). The Bertz CT molecular complexity index is 823. The monoisotopic (exact) mass is 366 g/mol. The fourth-order valence-corrected chi connectivity index (χ4v) is 2.97. The second kappa shape index (κ2) is 9.20. The molecule has 0 unspecified atom stereocenters. The van der Waals surface area contributed by atoms with Crippen LogP contribution in [0.25, 0.3) is 0 Å². The topological polar surface area (TPSA) is 41.1 Å². The van der Waals surface area contributed by atoms with Gasteiger partial charge in [0.05, 0.1) is 0 Å². The van der Waals surface area contributed by atoms with Crippen molar-refractivity contribution in [3.63, 3.8) is 0 Å². The fraction of sp³-hybridized carbons (Fsp3) is 0.238. The minimum Gasteiger partial charge on any atom is -0.370 e. The maximum Gasteiger partial charge on any atom is 0.227 e. The summed E-state index contributed by atoms with van der Waals surface area (Å²) in [5.41, 5.74) is 2.45. The Morgan fingerprint density at radius 2 is 1.81 bits per heavy atom. The minimum absolute atomic E-state index is 0.740. The number of anilines is 2. The van der Waals surface area contributed by atoms with E-state index in [-0.39, 0.29) is 0 Å². The van der Waals surface area contributed by atoms with E-state index >= 15 is 0 Å². The van der Waals surface area contributed by atoms with Crippen LogP contribution in [-0.2, 0) is 13.0 Å². The van der Waals surface area contributed by atoms with Crippen LogP contribution in [0.4, 0.5) is 11.8 Å². The van der Waals surface area contributed by atoms with Gasteiger partial charge in [-0.3, -0.25) is 0 Å². The van der Waals surface area contributed by atoms with Gasteiger partial charge in [0.1, 0.15) is 5.82 Å². The van der Waals surface area contributed by atoms with Crippen LogP contribution in [0.15, 0.2) is 66.9 Å². The number of aromatic nitrogens is 2. The summed E-state index contributed by atoms with van der Waals surface area (Å²) in [5, 5.41) is 4.14. The number of hydrogen-bond acceptors (Lipinski definition) is 4. The normalized spacial score (nSPS) is 10.5. The second-order valence-electron chi connectivity index (χ2n) is 6.05. The van der Waals surface area contributed by atoms with Crippen LogP contribution >= 0.6 is 11.6 Å². The van der Waals surface area contributed by atoms with E-state index in [0.717, 1.165) is 42.8 Å². The van der Waals surface area contributed by atoms with Crippen molar-refractivity contribution >= 4 is 23.4 Å². The van der Waals surface area contributed by atoms with E-state index in [9.17, 15) is 0 Å². The Labute approximate surface area is 159 Å². The Balaban J connectivity index is 1.61. The number of nitrogens with one attached hydrogen (secondary N) is 1. The average Bonchev–Trinajstić information content (AvgIpc) is 2.67. The zero-order valence-corrected chi connectivity index (χ0v) is 15.7. The summed E-state index contributed by atoms with van der Waals surface area (Å²) >= 11 is 6.03. The van der Waals surface area contributed by atoms with E-state index in [0.29, 0.717) is 0 Å². The molecular formula is C21H23ClN4. The molecule has 0 fully saturated rings. The molecule has 0 saturated heterocycles. The van der Waals surface area contributed by atoms with Gasteiger partial charge >= 0.3 is 0 Å². The van der Waals surface area contributed by atoms with Gasteiger partial charge in [-0.25, -0.2) is 4.98 Å². The minimum atomic E-state index is 0.740. The van der Waals surface area contributed by atoms with E-state index in [2.05, 4.69) is 57.4 Å². The SMILES string of the molecule is CCN(Cc1ccccc1)c1nccc(NCCc2cccc(Cl)c2)n1. The average molecular weight is 367 g/mol. The van der Waals surface area contributed by atoms with E-state index in [1.807, 2.05) is 30.3 Å². The van der Waals surface area contributed by atoms with E-state index in [1.54, 1.807) is 6.20 Å². The quantitative estimate of drug-likeness (QED) is 0.621. The molecule has 0 aliphatic rings. The van der Waals surface area contributed by atoms with Gasteiger partial charge in [-0.2, -0.15) is 4.98 Å². The largest absolute Gasteiger partial charge is 0.370 e. The predicted molar refractivity (Wildman–Crippen MR) is 109 cm³/mol. The van der Waals surface area contributed by atoms with Crippen molar-refractivity contribution in [2.45, 2.75) is 19.9 Å². The molecule has 4 nitrogen and oxygen atoms in total. The molecule has 0 aliphatic heterocycles. The zero-order valence-electron chi connectivity index (χ0n) is 14.9. The summed E-state index contributed by atoms with van der Waals surface area (Å²) in [6, 6.07) is 20.2. The molecule has 0 atom stereocenters. The highest BCUT2D eigenvalue weighted by Crippen LogP contribution is 2.15. The second-order valence-corrected chi connectivity index (χ2v) is 6.48. The lowest BCUT2D eigenvalue weighted by Crippen LogP contribution is -2.24. The first-order valence-electron chi connectivity index (χ1n) is 8.85. The molecule has 1 aromatic heterocycles. The molecule has 0 bridgehead atoms.